The Morgan fingerprint density at radius 1 is 1.26 bits per heavy atom. The van der Waals surface area contributed by atoms with Crippen LogP contribution in [-0.4, -0.2) is 27.5 Å². The molecule has 1 N–H and O–H groups in total. The maximum Gasteiger partial charge on any atom is 0.195 e. The number of hydrogen-bond acceptors (Lipinski definition) is 8. The van der Waals surface area contributed by atoms with E-state index >= 15 is 0 Å². The fourth-order valence-electron chi connectivity index (χ4n) is 2.15. The van der Waals surface area contributed by atoms with Crippen molar-refractivity contribution >= 4 is 33.3 Å². The van der Waals surface area contributed by atoms with Crippen molar-refractivity contribution in [1.82, 2.24) is 20.5 Å². The zero-order valence-electron chi connectivity index (χ0n) is 12.0. The molecular weight excluding hydrogens is 335 g/mol. The minimum Gasteiger partial charge on any atom is -0.235 e. The topological polar surface area (TPSA) is 65.8 Å². The van der Waals surface area contributed by atoms with Crippen LogP contribution in [0.25, 0.3) is 20.7 Å². The van der Waals surface area contributed by atoms with Gasteiger partial charge in [-0.3, -0.25) is 0 Å². The molecule has 9 heteroatoms. The Balaban J connectivity index is 1.72. The number of halogens is 1. The lowest BCUT2D eigenvalue weighted by Gasteiger charge is -2.13. The Bertz CT molecular complexity index is 879. The third-order valence-corrected chi connectivity index (χ3v) is 5.78. The second-order valence-electron chi connectivity index (χ2n) is 4.88. The van der Waals surface area contributed by atoms with Crippen LogP contribution in [0.4, 0.5) is 4.39 Å². The van der Waals surface area contributed by atoms with E-state index in [0.717, 1.165) is 25.7 Å². The lowest BCUT2D eigenvalue weighted by molar-refractivity contribution is 0.276. The molecule has 1 aliphatic rings. The van der Waals surface area contributed by atoms with Crippen molar-refractivity contribution in [3.05, 3.63) is 42.5 Å². The molecule has 1 aromatic carbocycles. The summed E-state index contributed by atoms with van der Waals surface area (Å²) in [6, 6.07) is 8.45. The Morgan fingerprint density at radius 3 is 2.83 bits per heavy atom. The summed E-state index contributed by atoms with van der Waals surface area (Å²) in [5, 5.41) is 10.5. The minimum absolute atomic E-state index is 0.163. The van der Waals surface area contributed by atoms with Crippen LogP contribution < -0.4 is 5.53 Å². The molecular formula is C14H11FN6S2. The van der Waals surface area contributed by atoms with E-state index < -0.39 is 0 Å². The predicted octanol–water partition coefficient (Wildman–Crippen LogP) is 3.69. The molecule has 6 nitrogen and oxygen atoms in total. The van der Waals surface area contributed by atoms with Gasteiger partial charge in [-0.05, 0) is 23.8 Å². The van der Waals surface area contributed by atoms with Gasteiger partial charge in [0, 0.05) is 11.9 Å². The van der Waals surface area contributed by atoms with Gasteiger partial charge in [-0.15, -0.1) is 16.5 Å². The van der Waals surface area contributed by atoms with E-state index in [1.54, 1.807) is 34.8 Å². The van der Waals surface area contributed by atoms with Crippen molar-refractivity contribution in [2.24, 2.45) is 10.3 Å². The van der Waals surface area contributed by atoms with E-state index in [4.69, 9.17) is 0 Å². The van der Waals surface area contributed by atoms with Crippen LogP contribution in [0.2, 0.25) is 0 Å². The van der Waals surface area contributed by atoms with Crippen LogP contribution in [0.5, 0.6) is 0 Å². The van der Waals surface area contributed by atoms with E-state index in [9.17, 15) is 4.39 Å². The van der Waals surface area contributed by atoms with Crippen LogP contribution in [0, 0.1) is 5.82 Å². The molecule has 0 spiro atoms. The summed E-state index contributed by atoms with van der Waals surface area (Å²) in [7, 11) is 1.87. The molecule has 0 fully saturated rings. The molecule has 0 saturated heterocycles. The molecule has 116 valence electrons. The molecule has 0 saturated carbocycles. The SMILES string of the molecule is CN1NN=NC1Sc1ncnc2cc(-c3ccc(F)cc3)sc12. The average molecular weight is 346 g/mol. The highest BCUT2D eigenvalue weighted by atomic mass is 32.2. The van der Waals surface area contributed by atoms with Gasteiger partial charge in [0.1, 0.15) is 17.2 Å². The Morgan fingerprint density at radius 2 is 2.09 bits per heavy atom. The fraction of sp³-hybridized carbons (Fsp3) is 0.143. The van der Waals surface area contributed by atoms with Crippen molar-refractivity contribution < 1.29 is 4.39 Å². The number of benzene rings is 1. The molecule has 1 aliphatic heterocycles. The lowest BCUT2D eigenvalue weighted by atomic mass is 10.2. The van der Waals surface area contributed by atoms with Crippen LogP contribution in [0.3, 0.4) is 0 Å². The Kier molecular flexibility index (Phi) is 3.68. The van der Waals surface area contributed by atoms with E-state index in [-0.39, 0.29) is 11.3 Å². The summed E-state index contributed by atoms with van der Waals surface area (Å²) >= 11 is 3.09. The first kappa shape index (κ1) is 14.5. The number of aromatic nitrogens is 2. The molecule has 0 amide bonds. The van der Waals surface area contributed by atoms with E-state index in [1.165, 1.54) is 23.9 Å². The van der Waals surface area contributed by atoms with Gasteiger partial charge in [0.25, 0.3) is 0 Å². The smallest absolute Gasteiger partial charge is 0.195 e. The largest absolute Gasteiger partial charge is 0.235 e. The standard InChI is InChI=1S/C14H11FN6S2/c1-21-14(18-19-20-21)23-13-12-10(16-7-17-13)6-11(22-12)8-2-4-9(15)5-3-8/h2-7,14H,1H3,(H,18,20). The van der Waals surface area contributed by atoms with Gasteiger partial charge in [-0.2, -0.15) is 5.01 Å². The average Bonchev–Trinajstić information content (AvgIpc) is 3.15. The monoisotopic (exact) mass is 346 g/mol. The molecule has 3 heterocycles. The number of rotatable bonds is 3. The summed E-state index contributed by atoms with van der Waals surface area (Å²) in [6.07, 6.45) is 1.55. The molecule has 0 bridgehead atoms. The van der Waals surface area contributed by atoms with Crippen molar-refractivity contribution in [3.63, 3.8) is 0 Å². The number of hydrazine groups is 1. The summed E-state index contributed by atoms with van der Waals surface area (Å²) in [4.78, 5) is 9.73. The van der Waals surface area contributed by atoms with Crippen molar-refractivity contribution in [1.29, 1.82) is 0 Å². The van der Waals surface area contributed by atoms with Crippen LogP contribution >= 0.6 is 23.1 Å². The molecule has 1 unspecified atom stereocenters. The number of fused-ring (bicyclic) bond motifs is 1. The molecule has 3 aromatic rings. The van der Waals surface area contributed by atoms with Crippen LogP contribution in [0.1, 0.15) is 0 Å². The number of hydrogen-bond donors (Lipinski definition) is 1. The van der Waals surface area contributed by atoms with Gasteiger partial charge in [0.05, 0.1) is 10.2 Å². The molecule has 2 aromatic heterocycles. The maximum atomic E-state index is 13.1. The minimum atomic E-state index is -0.243. The molecule has 23 heavy (non-hydrogen) atoms. The van der Waals surface area contributed by atoms with Crippen molar-refractivity contribution in [2.45, 2.75) is 10.5 Å². The summed E-state index contributed by atoms with van der Waals surface area (Å²) in [6.45, 7) is 0. The first-order valence-corrected chi connectivity index (χ1v) is 8.46. The molecule has 4 rings (SSSR count). The van der Waals surface area contributed by atoms with Crippen molar-refractivity contribution in [3.8, 4) is 10.4 Å². The highest BCUT2D eigenvalue weighted by Crippen LogP contribution is 2.38. The fourth-order valence-corrected chi connectivity index (χ4v) is 4.24. The number of thiophene rings is 1. The maximum absolute atomic E-state index is 13.1. The van der Waals surface area contributed by atoms with Gasteiger partial charge in [-0.1, -0.05) is 29.1 Å². The van der Waals surface area contributed by atoms with Crippen molar-refractivity contribution in [2.75, 3.05) is 7.05 Å². The van der Waals surface area contributed by atoms with Gasteiger partial charge < -0.3 is 0 Å². The highest BCUT2D eigenvalue weighted by Gasteiger charge is 2.22. The predicted molar refractivity (Wildman–Crippen MR) is 88.2 cm³/mol. The van der Waals surface area contributed by atoms with Gasteiger partial charge in [0.15, 0.2) is 5.50 Å². The lowest BCUT2D eigenvalue weighted by Crippen LogP contribution is -2.30. The molecule has 0 aliphatic carbocycles. The first-order chi connectivity index (χ1) is 11.2. The quantitative estimate of drug-likeness (QED) is 0.733. The van der Waals surface area contributed by atoms with Crippen LogP contribution in [-0.2, 0) is 0 Å². The van der Waals surface area contributed by atoms with Crippen LogP contribution in [0.15, 0.2) is 52.0 Å². The Labute approximate surface area is 139 Å². The number of nitrogens with one attached hydrogen (secondary N) is 1. The summed E-state index contributed by atoms with van der Waals surface area (Å²) < 4.78 is 14.1. The second-order valence-corrected chi connectivity index (χ2v) is 6.98. The van der Waals surface area contributed by atoms with Gasteiger partial charge >= 0.3 is 0 Å². The van der Waals surface area contributed by atoms with Gasteiger partial charge in [-0.25, -0.2) is 19.9 Å². The zero-order valence-corrected chi connectivity index (χ0v) is 13.6. The molecule has 1 atom stereocenters. The summed E-state index contributed by atoms with van der Waals surface area (Å²) in [5.41, 5.74) is 4.44. The Hall–Kier alpha value is -2.10. The summed E-state index contributed by atoms with van der Waals surface area (Å²) in [5.74, 6) is -0.243. The third kappa shape index (κ3) is 2.78. The van der Waals surface area contributed by atoms with E-state index in [0.29, 0.717) is 0 Å². The first-order valence-electron chi connectivity index (χ1n) is 6.76. The zero-order chi connectivity index (χ0) is 15.8. The highest BCUT2D eigenvalue weighted by molar-refractivity contribution is 8.00. The third-order valence-electron chi connectivity index (χ3n) is 3.31. The number of thioether (sulfide) groups is 1. The second kappa shape index (κ2) is 5.84. The van der Waals surface area contributed by atoms with E-state index in [2.05, 4.69) is 25.8 Å². The van der Waals surface area contributed by atoms with Gasteiger partial charge in [0.2, 0.25) is 0 Å². The van der Waals surface area contributed by atoms with E-state index in [1.807, 2.05) is 13.1 Å². The number of nitrogens with zero attached hydrogens (tertiary/aromatic N) is 5. The molecule has 0 radical (unpaired) electrons. The normalized spacial score (nSPS) is 17.7.